The lowest BCUT2D eigenvalue weighted by Crippen LogP contribution is -2.28. The van der Waals surface area contributed by atoms with Gasteiger partial charge in [0.05, 0.1) is 33.0 Å². The van der Waals surface area contributed by atoms with Crippen molar-refractivity contribution in [2.75, 3.05) is 53.2 Å². The molecule has 0 aromatic heterocycles. The Morgan fingerprint density at radius 2 is 1.54 bits per heavy atom. The van der Waals surface area contributed by atoms with Crippen LogP contribution in [0.15, 0.2) is 35.6 Å². The summed E-state index contributed by atoms with van der Waals surface area (Å²) < 4.78 is 16.0. The highest BCUT2D eigenvalue weighted by molar-refractivity contribution is 5.28. The van der Waals surface area contributed by atoms with E-state index in [2.05, 4.69) is 44.4 Å². The van der Waals surface area contributed by atoms with Gasteiger partial charge in [0.1, 0.15) is 0 Å². The van der Waals surface area contributed by atoms with Gasteiger partial charge in [-0.1, -0.05) is 31.1 Å². The van der Waals surface area contributed by atoms with Gasteiger partial charge in [-0.15, -0.1) is 0 Å². The number of rotatable bonds is 15. The first-order valence-corrected chi connectivity index (χ1v) is 8.92. The number of hydrogen-bond donors (Lipinski definition) is 0. The molecule has 0 heterocycles. The molecule has 0 aliphatic carbocycles. The number of unbranched alkanes of at least 4 members (excludes halogenated alkanes) is 1. The lowest BCUT2D eigenvalue weighted by molar-refractivity contribution is 0.0213. The highest BCUT2D eigenvalue weighted by Crippen LogP contribution is 2.13. The third-order valence-electron chi connectivity index (χ3n) is 3.29. The van der Waals surface area contributed by atoms with Crippen LogP contribution in [0.2, 0.25) is 0 Å². The van der Waals surface area contributed by atoms with Gasteiger partial charge < -0.3 is 19.1 Å². The SMILES string of the molecule is C=C(C)/C=C(\C=C(C)C)N(CCCC)CCOCCOCCOC. The largest absolute Gasteiger partial charge is 0.382 e. The van der Waals surface area contributed by atoms with E-state index in [0.29, 0.717) is 33.0 Å². The Balaban J connectivity index is 4.42. The Bertz CT molecular complexity index is 384. The van der Waals surface area contributed by atoms with Gasteiger partial charge in [0.25, 0.3) is 0 Å². The van der Waals surface area contributed by atoms with Crippen molar-refractivity contribution in [2.24, 2.45) is 0 Å². The summed E-state index contributed by atoms with van der Waals surface area (Å²) in [7, 11) is 1.67. The molecule has 0 aromatic rings. The van der Waals surface area contributed by atoms with Crippen LogP contribution in [0.1, 0.15) is 40.5 Å². The molecule has 0 rings (SSSR count). The van der Waals surface area contributed by atoms with Crippen molar-refractivity contribution in [3.63, 3.8) is 0 Å². The number of allylic oxidation sites excluding steroid dienone is 4. The maximum atomic E-state index is 5.71. The van der Waals surface area contributed by atoms with E-state index in [9.17, 15) is 0 Å². The monoisotopic (exact) mass is 339 g/mol. The Morgan fingerprint density at radius 3 is 2.08 bits per heavy atom. The zero-order valence-corrected chi connectivity index (χ0v) is 16.4. The summed E-state index contributed by atoms with van der Waals surface area (Å²) in [6.45, 7) is 17.6. The molecule has 0 N–H and O–H groups in total. The molecule has 4 heteroatoms. The van der Waals surface area contributed by atoms with Crippen LogP contribution in [0.3, 0.4) is 0 Å². The summed E-state index contributed by atoms with van der Waals surface area (Å²) in [6.07, 6.45) is 6.72. The molecule has 0 amide bonds. The lowest BCUT2D eigenvalue weighted by Gasteiger charge is -2.26. The summed E-state index contributed by atoms with van der Waals surface area (Å²) in [5.74, 6) is 0. The van der Waals surface area contributed by atoms with Gasteiger partial charge >= 0.3 is 0 Å². The molecule has 0 unspecified atom stereocenters. The first-order chi connectivity index (χ1) is 11.5. The minimum Gasteiger partial charge on any atom is -0.382 e. The molecule has 0 radical (unpaired) electrons. The standard InChI is InChI=1S/C20H37NO3/c1-7-8-9-21(20(16-18(2)3)17-19(4)5)10-11-23-14-15-24-13-12-22-6/h16-17H,2,7-15H2,1,3-6H3/b20-16+. The van der Waals surface area contributed by atoms with Gasteiger partial charge in [-0.3, -0.25) is 0 Å². The molecule has 0 fully saturated rings. The summed E-state index contributed by atoms with van der Waals surface area (Å²) in [4.78, 5) is 2.39. The molecule has 4 nitrogen and oxygen atoms in total. The van der Waals surface area contributed by atoms with Crippen molar-refractivity contribution in [1.82, 2.24) is 4.90 Å². The third-order valence-corrected chi connectivity index (χ3v) is 3.29. The van der Waals surface area contributed by atoms with E-state index in [-0.39, 0.29) is 0 Å². The molecule has 0 aliphatic heterocycles. The number of methoxy groups -OCH3 is 1. The van der Waals surface area contributed by atoms with E-state index in [1.807, 2.05) is 6.92 Å². The zero-order valence-electron chi connectivity index (χ0n) is 16.4. The molecule has 0 bridgehead atoms. The average Bonchev–Trinajstić information content (AvgIpc) is 2.51. The summed E-state index contributed by atoms with van der Waals surface area (Å²) in [5.41, 5.74) is 3.57. The maximum Gasteiger partial charge on any atom is 0.0701 e. The van der Waals surface area contributed by atoms with Crippen LogP contribution in [0, 0.1) is 0 Å². The van der Waals surface area contributed by atoms with Gasteiger partial charge in [0.15, 0.2) is 0 Å². The number of hydrogen-bond acceptors (Lipinski definition) is 4. The first kappa shape index (κ1) is 22.9. The Kier molecular flexibility index (Phi) is 14.7. The highest BCUT2D eigenvalue weighted by atomic mass is 16.5. The molecule has 0 saturated carbocycles. The van der Waals surface area contributed by atoms with Gasteiger partial charge in [0, 0.05) is 25.9 Å². The summed E-state index contributed by atoms with van der Waals surface area (Å²) in [6, 6.07) is 0. The predicted octanol–water partition coefficient (Wildman–Crippen LogP) is 4.19. The van der Waals surface area contributed by atoms with Crippen LogP contribution in [0.4, 0.5) is 0 Å². The lowest BCUT2D eigenvalue weighted by atomic mass is 10.2. The molecular formula is C20H37NO3. The number of nitrogens with zero attached hydrogens (tertiary/aromatic N) is 1. The van der Waals surface area contributed by atoms with Crippen molar-refractivity contribution in [3.05, 3.63) is 35.6 Å². The van der Waals surface area contributed by atoms with Crippen LogP contribution in [0.5, 0.6) is 0 Å². The quantitative estimate of drug-likeness (QED) is 0.331. The van der Waals surface area contributed by atoms with Gasteiger partial charge in [-0.2, -0.15) is 0 Å². The second kappa shape index (κ2) is 15.4. The first-order valence-electron chi connectivity index (χ1n) is 8.92. The fraction of sp³-hybridized carbons (Fsp3) is 0.700. The molecular weight excluding hydrogens is 302 g/mol. The smallest absolute Gasteiger partial charge is 0.0701 e. The summed E-state index contributed by atoms with van der Waals surface area (Å²) in [5, 5.41) is 0. The van der Waals surface area contributed by atoms with Crippen molar-refractivity contribution in [3.8, 4) is 0 Å². The van der Waals surface area contributed by atoms with Crippen LogP contribution < -0.4 is 0 Å². The molecule has 0 saturated heterocycles. The van der Waals surface area contributed by atoms with Crippen molar-refractivity contribution in [1.29, 1.82) is 0 Å². The molecule has 140 valence electrons. The van der Waals surface area contributed by atoms with Crippen molar-refractivity contribution in [2.45, 2.75) is 40.5 Å². The Morgan fingerprint density at radius 1 is 0.917 bits per heavy atom. The van der Waals surface area contributed by atoms with Gasteiger partial charge in [-0.25, -0.2) is 0 Å². The normalized spacial score (nSPS) is 11.5. The summed E-state index contributed by atoms with van der Waals surface area (Å²) >= 11 is 0. The van der Waals surface area contributed by atoms with Crippen molar-refractivity contribution >= 4 is 0 Å². The van der Waals surface area contributed by atoms with Crippen LogP contribution in [0.25, 0.3) is 0 Å². The highest BCUT2D eigenvalue weighted by Gasteiger charge is 2.07. The van der Waals surface area contributed by atoms with Gasteiger partial charge in [0.2, 0.25) is 0 Å². The minimum atomic E-state index is 0.612. The number of ether oxygens (including phenoxy) is 3. The maximum absolute atomic E-state index is 5.71. The van der Waals surface area contributed by atoms with Crippen LogP contribution in [-0.4, -0.2) is 58.1 Å². The second-order valence-electron chi connectivity index (χ2n) is 6.20. The van der Waals surface area contributed by atoms with E-state index in [4.69, 9.17) is 14.2 Å². The van der Waals surface area contributed by atoms with E-state index in [1.165, 1.54) is 24.1 Å². The Hall–Kier alpha value is -1.10. The Labute approximate surface area is 149 Å². The molecule has 24 heavy (non-hydrogen) atoms. The molecule has 0 aromatic carbocycles. The minimum absolute atomic E-state index is 0.612. The van der Waals surface area contributed by atoms with E-state index < -0.39 is 0 Å². The zero-order chi connectivity index (χ0) is 18.2. The average molecular weight is 340 g/mol. The fourth-order valence-electron chi connectivity index (χ4n) is 2.13. The third kappa shape index (κ3) is 13.3. The van der Waals surface area contributed by atoms with Gasteiger partial charge in [-0.05, 0) is 39.3 Å². The van der Waals surface area contributed by atoms with E-state index in [0.717, 1.165) is 18.7 Å². The van der Waals surface area contributed by atoms with Crippen LogP contribution in [-0.2, 0) is 14.2 Å². The predicted molar refractivity (Wildman–Crippen MR) is 102 cm³/mol. The molecule has 0 spiro atoms. The molecule has 0 aliphatic rings. The van der Waals surface area contributed by atoms with Crippen LogP contribution >= 0.6 is 0 Å². The van der Waals surface area contributed by atoms with E-state index in [1.54, 1.807) is 7.11 Å². The van der Waals surface area contributed by atoms with E-state index >= 15 is 0 Å². The molecule has 0 atom stereocenters. The topological polar surface area (TPSA) is 30.9 Å². The fourth-order valence-corrected chi connectivity index (χ4v) is 2.13. The second-order valence-corrected chi connectivity index (χ2v) is 6.20. The van der Waals surface area contributed by atoms with Crippen molar-refractivity contribution < 1.29 is 14.2 Å².